The zero-order valence-electron chi connectivity index (χ0n) is 10.5. The van der Waals surface area contributed by atoms with Crippen LogP contribution < -0.4 is 4.74 Å². The first-order chi connectivity index (χ1) is 9.97. The van der Waals surface area contributed by atoms with Crippen molar-refractivity contribution in [2.45, 2.75) is 0 Å². The van der Waals surface area contributed by atoms with Crippen molar-refractivity contribution in [3.8, 4) is 11.5 Å². The smallest absolute Gasteiger partial charge is 0.328 e. The van der Waals surface area contributed by atoms with E-state index < -0.39 is 11.8 Å². The number of carboxylic acid groups (broad SMARTS) is 1. The third kappa shape index (κ3) is 4.06. The van der Waals surface area contributed by atoms with Crippen molar-refractivity contribution < 1.29 is 19.0 Å². The molecule has 0 spiro atoms. The number of aliphatic carboxylic acids is 1. The Balaban J connectivity index is 2.41. The van der Waals surface area contributed by atoms with Crippen LogP contribution in [-0.2, 0) is 4.79 Å². The highest BCUT2D eigenvalue weighted by molar-refractivity contribution is 9.10. The lowest BCUT2D eigenvalue weighted by Crippen LogP contribution is -1.92. The largest absolute Gasteiger partial charge is 0.478 e. The minimum absolute atomic E-state index is 0.295. The van der Waals surface area contributed by atoms with Gasteiger partial charge < -0.3 is 9.84 Å². The molecule has 3 nitrogen and oxygen atoms in total. The van der Waals surface area contributed by atoms with Crippen LogP contribution in [0.2, 0.25) is 5.02 Å². The maximum absolute atomic E-state index is 13.1. The van der Waals surface area contributed by atoms with E-state index in [9.17, 15) is 9.18 Å². The number of ether oxygens (including phenoxy) is 1. The zero-order valence-corrected chi connectivity index (χ0v) is 12.9. The third-order valence-electron chi connectivity index (χ3n) is 2.51. The highest BCUT2D eigenvalue weighted by atomic mass is 79.9. The second kappa shape index (κ2) is 6.74. The summed E-state index contributed by atoms with van der Waals surface area (Å²) in [5, 5.41) is 9.01. The second-order valence-electron chi connectivity index (χ2n) is 4.01. The Hall–Kier alpha value is -1.85. The van der Waals surface area contributed by atoms with Gasteiger partial charge in [0.2, 0.25) is 0 Å². The molecule has 0 saturated heterocycles. The molecule has 108 valence electrons. The van der Waals surface area contributed by atoms with Crippen LogP contribution in [0, 0.1) is 5.82 Å². The summed E-state index contributed by atoms with van der Waals surface area (Å²) >= 11 is 9.28. The minimum atomic E-state index is -1.08. The van der Waals surface area contributed by atoms with Gasteiger partial charge in [0.1, 0.15) is 11.6 Å². The van der Waals surface area contributed by atoms with E-state index in [1.807, 2.05) is 0 Å². The zero-order chi connectivity index (χ0) is 15.4. The van der Waals surface area contributed by atoms with E-state index >= 15 is 0 Å². The van der Waals surface area contributed by atoms with Crippen LogP contribution in [-0.4, -0.2) is 11.1 Å². The number of carbonyl (C=O) groups is 1. The fourth-order valence-corrected chi connectivity index (χ4v) is 2.25. The average molecular weight is 372 g/mol. The van der Waals surface area contributed by atoms with Crippen LogP contribution in [0.15, 0.2) is 46.9 Å². The molecule has 0 aliphatic rings. The number of hydrogen-bond donors (Lipinski definition) is 1. The lowest BCUT2D eigenvalue weighted by molar-refractivity contribution is -0.131. The van der Waals surface area contributed by atoms with Crippen molar-refractivity contribution in [2.24, 2.45) is 0 Å². The number of rotatable bonds is 4. The van der Waals surface area contributed by atoms with E-state index in [1.165, 1.54) is 24.3 Å². The van der Waals surface area contributed by atoms with E-state index in [4.69, 9.17) is 21.4 Å². The molecule has 6 heteroatoms. The van der Waals surface area contributed by atoms with Gasteiger partial charge in [0.05, 0.1) is 9.50 Å². The topological polar surface area (TPSA) is 46.5 Å². The van der Waals surface area contributed by atoms with E-state index in [0.717, 1.165) is 6.08 Å². The van der Waals surface area contributed by atoms with Gasteiger partial charge in [-0.05, 0) is 46.3 Å². The minimum Gasteiger partial charge on any atom is -0.478 e. The Bertz CT molecular complexity index is 716. The van der Waals surface area contributed by atoms with E-state index in [2.05, 4.69) is 15.9 Å². The molecule has 0 amide bonds. The molecular formula is C15H9BrClFO3. The molecule has 0 aliphatic heterocycles. The molecule has 0 saturated carbocycles. The number of benzene rings is 2. The molecular weight excluding hydrogens is 363 g/mol. The van der Waals surface area contributed by atoms with Gasteiger partial charge >= 0.3 is 5.97 Å². The Kier molecular flexibility index (Phi) is 4.98. The highest BCUT2D eigenvalue weighted by Gasteiger charge is 2.11. The standard InChI is InChI=1S/C15H9BrClFO3/c16-11-8-10(18)5-6-13(11)21-15-9(4-7-14(19)20)2-1-3-12(15)17/h1-8H,(H,19,20)/b7-4+. The summed E-state index contributed by atoms with van der Waals surface area (Å²) in [6.45, 7) is 0. The number of halogens is 3. The summed E-state index contributed by atoms with van der Waals surface area (Å²) in [4.78, 5) is 10.6. The first-order valence-corrected chi connectivity index (χ1v) is 6.97. The first-order valence-electron chi connectivity index (χ1n) is 5.80. The van der Waals surface area contributed by atoms with Crippen LogP contribution >= 0.6 is 27.5 Å². The maximum Gasteiger partial charge on any atom is 0.328 e. The Morgan fingerprint density at radius 2 is 2.10 bits per heavy atom. The number of para-hydroxylation sites is 1. The Morgan fingerprint density at radius 3 is 2.76 bits per heavy atom. The highest BCUT2D eigenvalue weighted by Crippen LogP contribution is 2.37. The molecule has 21 heavy (non-hydrogen) atoms. The Labute approximate surface area is 133 Å². The van der Waals surface area contributed by atoms with Gasteiger partial charge in [0.25, 0.3) is 0 Å². The summed E-state index contributed by atoms with van der Waals surface area (Å²) in [6.07, 6.45) is 2.36. The fraction of sp³-hybridized carbons (Fsp3) is 0. The van der Waals surface area contributed by atoms with Crippen molar-refractivity contribution in [1.82, 2.24) is 0 Å². The third-order valence-corrected chi connectivity index (χ3v) is 3.43. The van der Waals surface area contributed by atoms with Gasteiger partial charge in [0, 0.05) is 11.6 Å². The van der Waals surface area contributed by atoms with Crippen LogP contribution in [0.25, 0.3) is 6.08 Å². The average Bonchev–Trinajstić information content (AvgIpc) is 2.42. The van der Waals surface area contributed by atoms with E-state index in [1.54, 1.807) is 18.2 Å². The molecule has 0 aromatic heterocycles. The van der Waals surface area contributed by atoms with Crippen molar-refractivity contribution in [1.29, 1.82) is 0 Å². The summed E-state index contributed by atoms with van der Waals surface area (Å²) < 4.78 is 19.2. The van der Waals surface area contributed by atoms with Crippen LogP contribution in [0.1, 0.15) is 5.56 Å². The second-order valence-corrected chi connectivity index (χ2v) is 5.27. The van der Waals surface area contributed by atoms with Crippen molar-refractivity contribution >= 4 is 39.6 Å². The molecule has 0 fully saturated rings. The van der Waals surface area contributed by atoms with Crippen molar-refractivity contribution in [3.05, 3.63) is 63.4 Å². The summed E-state index contributed by atoms with van der Waals surface area (Å²) in [5.41, 5.74) is 0.501. The summed E-state index contributed by atoms with van der Waals surface area (Å²) in [7, 11) is 0. The van der Waals surface area contributed by atoms with Gasteiger partial charge in [-0.15, -0.1) is 0 Å². The first kappa shape index (κ1) is 15.5. The molecule has 0 atom stereocenters. The Morgan fingerprint density at radius 1 is 1.33 bits per heavy atom. The predicted octanol–water partition coefficient (Wildman–Crippen LogP) is 5.13. The molecule has 2 rings (SSSR count). The lowest BCUT2D eigenvalue weighted by atomic mass is 10.2. The number of carboxylic acids is 1. The van der Waals surface area contributed by atoms with E-state index in [0.29, 0.717) is 26.6 Å². The number of hydrogen-bond acceptors (Lipinski definition) is 2. The molecule has 1 N–H and O–H groups in total. The van der Waals surface area contributed by atoms with Crippen molar-refractivity contribution in [3.63, 3.8) is 0 Å². The quantitative estimate of drug-likeness (QED) is 0.758. The molecule has 2 aromatic carbocycles. The maximum atomic E-state index is 13.1. The monoisotopic (exact) mass is 370 g/mol. The van der Waals surface area contributed by atoms with Crippen LogP contribution in [0.3, 0.4) is 0 Å². The van der Waals surface area contributed by atoms with Crippen molar-refractivity contribution in [2.75, 3.05) is 0 Å². The summed E-state index contributed by atoms with van der Waals surface area (Å²) in [6, 6.07) is 8.93. The van der Waals surface area contributed by atoms with Crippen LogP contribution in [0.4, 0.5) is 4.39 Å². The normalized spacial score (nSPS) is 10.8. The fourth-order valence-electron chi connectivity index (χ4n) is 1.59. The summed E-state index contributed by atoms with van der Waals surface area (Å²) in [5.74, 6) is -0.818. The molecule has 0 bridgehead atoms. The van der Waals surface area contributed by atoms with Gasteiger partial charge in [-0.3, -0.25) is 0 Å². The van der Waals surface area contributed by atoms with Crippen LogP contribution in [0.5, 0.6) is 11.5 Å². The SMILES string of the molecule is O=C(O)/C=C/c1cccc(Cl)c1Oc1ccc(F)cc1Br. The van der Waals surface area contributed by atoms with Gasteiger partial charge in [-0.1, -0.05) is 23.7 Å². The molecule has 0 aliphatic carbocycles. The van der Waals surface area contributed by atoms with E-state index in [-0.39, 0.29) is 0 Å². The molecule has 0 heterocycles. The lowest BCUT2D eigenvalue weighted by Gasteiger charge is -2.12. The van der Waals surface area contributed by atoms with Gasteiger partial charge in [-0.25, -0.2) is 9.18 Å². The van der Waals surface area contributed by atoms with Gasteiger partial charge in [0.15, 0.2) is 5.75 Å². The molecule has 0 unspecified atom stereocenters. The predicted molar refractivity (Wildman–Crippen MR) is 82.3 cm³/mol. The molecule has 2 aromatic rings. The molecule has 0 radical (unpaired) electrons. The van der Waals surface area contributed by atoms with Gasteiger partial charge in [-0.2, -0.15) is 0 Å².